The molecule has 3 aromatic carbocycles. The van der Waals surface area contributed by atoms with Crippen molar-refractivity contribution in [2.75, 3.05) is 0 Å². The summed E-state index contributed by atoms with van der Waals surface area (Å²) in [6.07, 6.45) is 0. The van der Waals surface area contributed by atoms with Crippen LogP contribution in [0.5, 0.6) is 0 Å². The van der Waals surface area contributed by atoms with Crippen molar-refractivity contribution in [1.29, 1.82) is 0 Å². The molecule has 0 aliphatic carbocycles. The van der Waals surface area contributed by atoms with Crippen molar-refractivity contribution in [3.63, 3.8) is 0 Å². The Hall–Kier alpha value is -3.67. The lowest BCUT2D eigenvalue weighted by Gasteiger charge is -2.04. The van der Waals surface area contributed by atoms with Gasteiger partial charge >= 0.3 is 0 Å². The molecule has 0 bridgehead atoms. The van der Waals surface area contributed by atoms with Gasteiger partial charge in [0.25, 0.3) is 0 Å². The zero-order valence-electron chi connectivity index (χ0n) is 17.5. The lowest BCUT2D eigenvalue weighted by molar-refractivity contribution is 0.564. The molecule has 0 saturated heterocycles. The molecule has 4 nitrogen and oxygen atoms in total. The van der Waals surface area contributed by atoms with Gasteiger partial charge in [0, 0.05) is 22.8 Å². The van der Waals surface area contributed by atoms with E-state index in [2.05, 4.69) is 83.6 Å². The van der Waals surface area contributed by atoms with Gasteiger partial charge in [-0.25, -0.2) is 4.21 Å². The predicted octanol–water partition coefficient (Wildman–Crippen LogP) is 6.90. The first-order chi connectivity index (χ1) is 15.6. The van der Waals surface area contributed by atoms with Crippen molar-refractivity contribution in [3.8, 4) is 45.0 Å². The molecule has 32 heavy (non-hydrogen) atoms. The number of nitrogens with one attached hydrogen (secondary N) is 2. The van der Waals surface area contributed by atoms with Crippen LogP contribution in [0.4, 0.5) is 0 Å². The van der Waals surface area contributed by atoms with Gasteiger partial charge in [-0.05, 0) is 71.6 Å². The van der Waals surface area contributed by atoms with Gasteiger partial charge in [0.05, 0.1) is 4.90 Å². The van der Waals surface area contributed by atoms with E-state index in [1.54, 1.807) is 12.1 Å². The summed E-state index contributed by atoms with van der Waals surface area (Å²) in [6, 6.07) is 32.3. The van der Waals surface area contributed by atoms with E-state index in [1.807, 2.05) is 18.2 Å². The van der Waals surface area contributed by atoms with E-state index in [9.17, 15) is 8.76 Å². The third-order valence-corrected chi connectivity index (χ3v) is 6.26. The Kier molecular flexibility index (Phi) is 5.35. The van der Waals surface area contributed by atoms with Crippen LogP contribution in [0.15, 0.2) is 102 Å². The van der Waals surface area contributed by atoms with Crippen LogP contribution in [0.25, 0.3) is 45.0 Å². The molecule has 0 saturated carbocycles. The maximum Gasteiger partial charge on any atom is 0.186 e. The number of hydrogen-bond donors (Lipinski definition) is 3. The monoisotopic (exact) mass is 438 g/mol. The number of rotatable bonds is 5. The molecule has 2 heterocycles. The first-order valence-corrected chi connectivity index (χ1v) is 11.4. The average Bonchev–Trinajstić information content (AvgIpc) is 3.50. The Morgan fingerprint density at radius 3 is 1.50 bits per heavy atom. The summed E-state index contributed by atoms with van der Waals surface area (Å²) in [5.41, 5.74) is 9.74. The largest absolute Gasteiger partial charge is 0.355 e. The van der Waals surface area contributed by atoms with Crippen LogP contribution >= 0.6 is 0 Å². The predicted molar refractivity (Wildman–Crippen MR) is 131 cm³/mol. The van der Waals surface area contributed by atoms with E-state index in [-0.39, 0.29) is 0 Å². The second-order valence-electron chi connectivity index (χ2n) is 7.79. The Balaban J connectivity index is 1.41. The minimum absolute atomic E-state index is 0.393. The Bertz CT molecular complexity index is 1400. The van der Waals surface area contributed by atoms with Gasteiger partial charge in [-0.2, -0.15) is 0 Å². The van der Waals surface area contributed by atoms with Crippen molar-refractivity contribution in [2.45, 2.75) is 11.8 Å². The van der Waals surface area contributed by atoms with Gasteiger partial charge in [-0.1, -0.05) is 60.2 Å². The number of benzene rings is 3. The van der Waals surface area contributed by atoms with Crippen molar-refractivity contribution >= 4 is 11.1 Å². The van der Waals surface area contributed by atoms with Crippen LogP contribution in [0.2, 0.25) is 0 Å². The first kappa shape index (κ1) is 20.2. The molecule has 3 N–H and O–H groups in total. The number of aryl methyl sites for hydroxylation is 1. The number of aromatic amines is 2. The van der Waals surface area contributed by atoms with Gasteiger partial charge in [0.2, 0.25) is 0 Å². The second-order valence-corrected chi connectivity index (χ2v) is 8.76. The lowest BCUT2D eigenvalue weighted by atomic mass is 10.1. The molecule has 158 valence electrons. The zero-order chi connectivity index (χ0) is 22.1. The third-order valence-electron chi connectivity index (χ3n) is 5.59. The molecule has 5 heteroatoms. The second kappa shape index (κ2) is 8.46. The molecule has 0 aliphatic rings. The van der Waals surface area contributed by atoms with Crippen LogP contribution in [0.3, 0.4) is 0 Å². The highest BCUT2D eigenvalue weighted by atomic mass is 32.2. The van der Waals surface area contributed by atoms with E-state index in [4.69, 9.17) is 0 Å². The van der Waals surface area contributed by atoms with E-state index >= 15 is 0 Å². The quantitative estimate of drug-likeness (QED) is 0.261. The molecule has 0 amide bonds. The highest BCUT2D eigenvalue weighted by Gasteiger charge is 2.08. The Morgan fingerprint density at radius 2 is 1.03 bits per heavy atom. The Labute approximate surface area is 189 Å². The van der Waals surface area contributed by atoms with Crippen LogP contribution in [-0.2, 0) is 11.1 Å². The number of hydrogen-bond acceptors (Lipinski definition) is 1. The number of aromatic nitrogens is 2. The van der Waals surface area contributed by atoms with Crippen molar-refractivity contribution < 1.29 is 8.76 Å². The van der Waals surface area contributed by atoms with Crippen molar-refractivity contribution in [2.24, 2.45) is 0 Å². The fourth-order valence-corrected chi connectivity index (χ4v) is 4.17. The highest BCUT2D eigenvalue weighted by molar-refractivity contribution is 7.79. The molecule has 1 unspecified atom stereocenters. The average molecular weight is 439 g/mol. The first-order valence-electron chi connectivity index (χ1n) is 10.3. The topological polar surface area (TPSA) is 68.9 Å². The SMILES string of the molecule is Cc1ccc(-c2ccc(-c3cccc(-c4ccc(-c5ccc(S(=O)O)cc5)[nH]4)c3)[nH]2)cc1. The molecule has 2 aromatic heterocycles. The zero-order valence-corrected chi connectivity index (χ0v) is 18.3. The normalized spacial score (nSPS) is 12.1. The van der Waals surface area contributed by atoms with Crippen molar-refractivity contribution in [1.82, 2.24) is 9.97 Å². The van der Waals surface area contributed by atoms with Crippen molar-refractivity contribution in [3.05, 3.63) is 103 Å². The van der Waals surface area contributed by atoms with Gasteiger partial charge in [-0.15, -0.1) is 0 Å². The van der Waals surface area contributed by atoms with Crippen LogP contribution in [0, 0.1) is 6.92 Å². The molecule has 0 fully saturated rings. The van der Waals surface area contributed by atoms with E-state index in [0.717, 1.165) is 39.5 Å². The van der Waals surface area contributed by atoms with Gasteiger partial charge in [0.15, 0.2) is 11.1 Å². The molecular weight excluding hydrogens is 416 g/mol. The van der Waals surface area contributed by atoms with E-state index in [0.29, 0.717) is 4.90 Å². The van der Waals surface area contributed by atoms with Gasteiger partial charge in [-0.3, -0.25) is 0 Å². The maximum absolute atomic E-state index is 11.2. The summed E-state index contributed by atoms with van der Waals surface area (Å²) in [5.74, 6) is 0. The molecule has 1 atom stereocenters. The van der Waals surface area contributed by atoms with Crippen LogP contribution in [0.1, 0.15) is 5.56 Å². The number of H-pyrrole nitrogens is 2. The molecular formula is C27H22N2O2S. The van der Waals surface area contributed by atoms with Gasteiger partial charge in [0.1, 0.15) is 0 Å². The Morgan fingerprint density at radius 1 is 0.594 bits per heavy atom. The standard InChI is InChI=1S/C27H22N2O2S/c1-18-5-7-19(8-6-18)24-13-15-26(28-24)21-3-2-4-22(17-21)27-16-14-25(29-27)20-9-11-23(12-10-20)32(30)31/h2-17,28-29H,1H3,(H,30,31). The summed E-state index contributed by atoms with van der Waals surface area (Å²) in [7, 11) is 0. The highest BCUT2D eigenvalue weighted by Crippen LogP contribution is 2.30. The fraction of sp³-hybridized carbons (Fsp3) is 0.0370. The summed E-state index contributed by atoms with van der Waals surface area (Å²) >= 11 is -1.96. The summed E-state index contributed by atoms with van der Waals surface area (Å²) in [6.45, 7) is 2.09. The fourth-order valence-electron chi connectivity index (χ4n) is 3.80. The molecule has 5 rings (SSSR count). The molecule has 0 aliphatic heterocycles. The molecule has 0 spiro atoms. The van der Waals surface area contributed by atoms with Crippen LogP contribution < -0.4 is 0 Å². The minimum atomic E-state index is -1.96. The van der Waals surface area contributed by atoms with E-state index < -0.39 is 11.1 Å². The maximum atomic E-state index is 11.2. The van der Waals surface area contributed by atoms with Gasteiger partial charge < -0.3 is 14.5 Å². The summed E-state index contributed by atoms with van der Waals surface area (Å²) < 4.78 is 20.4. The molecule has 0 radical (unpaired) electrons. The minimum Gasteiger partial charge on any atom is -0.355 e. The smallest absolute Gasteiger partial charge is 0.186 e. The van der Waals surface area contributed by atoms with Crippen LogP contribution in [-0.4, -0.2) is 18.7 Å². The van der Waals surface area contributed by atoms with E-state index in [1.165, 1.54) is 11.1 Å². The molecule has 5 aromatic rings. The lowest BCUT2D eigenvalue weighted by Crippen LogP contribution is -1.87. The third kappa shape index (κ3) is 4.08. The summed E-state index contributed by atoms with van der Waals surface area (Å²) in [5, 5.41) is 0. The summed E-state index contributed by atoms with van der Waals surface area (Å²) in [4.78, 5) is 7.39.